The summed E-state index contributed by atoms with van der Waals surface area (Å²) >= 11 is 0. The van der Waals surface area contributed by atoms with Crippen LogP contribution in [0.5, 0.6) is 0 Å². The van der Waals surface area contributed by atoms with Gasteiger partial charge >= 0.3 is 0 Å². The van der Waals surface area contributed by atoms with E-state index in [1.807, 2.05) is 32.0 Å². The van der Waals surface area contributed by atoms with Crippen molar-refractivity contribution >= 4 is 20.0 Å². The number of hydrogen-bond donors (Lipinski definition) is 0. The average Bonchev–Trinajstić information content (AvgIpc) is 2.70. The Balaban J connectivity index is 1.77. The highest BCUT2D eigenvalue weighted by molar-refractivity contribution is 7.89. The zero-order chi connectivity index (χ0) is 20.5. The Labute approximate surface area is 167 Å². The number of rotatable bonds is 5. The minimum absolute atomic E-state index is 0.141. The molecule has 0 atom stereocenters. The van der Waals surface area contributed by atoms with Gasteiger partial charge in [-0.2, -0.15) is 8.61 Å². The van der Waals surface area contributed by atoms with Gasteiger partial charge in [0, 0.05) is 26.2 Å². The van der Waals surface area contributed by atoms with Gasteiger partial charge in [-0.25, -0.2) is 16.8 Å². The summed E-state index contributed by atoms with van der Waals surface area (Å²) in [6.07, 6.45) is 0.842. The Hall–Kier alpha value is -1.74. The molecule has 8 heteroatoms. The van der Waals surface area contributed by atoms with E-state index in [1.54, 1.807) is 31.2 Å². The van der Waals surface area contributed by atoms with Crippen LogP contribution >= 0.6 is 0 Å². The Morgan fingerprint density at radius 1 is 0.786 bits per heavy atom. The quantitative estimate of drug-likeness (QED) is 0.742. The first-order valence-electron chi connectivity index (χ1n) is 9.33. The first-order valence-corrected chi connectivity index (χ1v) is 12.2. The molecule has 6 nitrogen and oxygen atoms in total. The summed E-state index contributed by atoms with van der Waals surface area (Å²) < 4.78 is 54.5. The van der Waals surface area contributed by atoms with E-state index < -0.39 is 20.0 Å². The molecular weight excluding hydrogens is 396 g/mol. The lowest BCUT2D eigenvalue weighted by molar-refractivity contribution is 0.272. The van der Waals surface area contributed by atoms with E-state index in [9.17, 15) is 16.8 Å². The standard InChI is InChI=1S/C20H26N2O4S2/c1-4-18-7-9-19(10-8-18)27(23,24)21-11-13-22(14-12-21)28(25,26)20-15-16(2)5-6-17(20)3/h5-10,15H,4,11-14H2,1-3H3. The van der Waals surface area contributed by atoms with Gasteiger partial charge < -0.3 is 0 Å². The summed E-state index contributed by atoms with van der Waals surface area (Å²) in [5.74, 6) is 0. The summed E-state index contributed by atoms with van der Waals surface area (Å²) in [7, 11) is -7.27. The van der Waals surface area contributed by atoms with Crippen molar-refractivity contribution in [2.45, 2.75) is 37.0 Å². The van der Waals surface area contributed by atoms with Crippen LogP contribution in [-0.4, -0.2) is 51.6 Å². The molecule has 1 aliphatic rings. The number of nitrogens with zero attached hydrogens (tertiary/aromatic N) is 2. The molecule has 0 bridgehead atoms. The van der Waals surface area contributed by atoms with E-state index in [-0.39, 0.29) is 31.1 Å². The minimum atomic E-state index is -3.65. The summed E-state index contributed by atoms with van der Waals surface area (Å²) in [5, 5.41) is 0. The summed E-state index contributed by atoms with van der Waals surface area (Å²) in [6, 6.07) is 12.2. The lowest BCUT2D eigenvalue weighted by atomic mass is 10.2. The number of benzene rings is 2. The van der Waals surface area contributed by atoms with Crippen LogP contribution in [0.2, 0.25) is 0 Å². The molecule has 2 aromatic rings. The van der Waals surface area contributed by atoms with Gasteiger partial charge in [0.05, 0.1) is 9.79 Å². The molecule has 1 heterocycles. The first kappa shape index (κ1) is 21.0. The fourth-order valence-corrected chi connectivity index (χ4v) is 6.48. The highest BCUT2D eigenvalue weighted by Gasteiger charge is 2.34. The molecule has 152 valence electrons. The molecule has 28 heavy (non-hydrogen) atoms. The van der Waals surface area contributed by atoms with E-state index in [4.69, 9.17) is 0 Å². The second-order valence-electron chi connectivity index (χ2n) is 7.07. The smallest absolute Gasteiger partial charge is 0.207 e. The van der Waals surface area contributed by atoms with E-state index in [2.05, 4.69) is 0 Å². The van der Waals surface area contributed by atoms with Crippen LogP contribution in [0, 0.1) is 13.8 Å². The van der Waals surface area contributed by atoms with Crippen LogP contribution < -0.4 is 0 Å². The molecule has 0 spiro atoms. The van der Waals surface area contributed by atoms with Gasteiger partial charge in [0.2, 0.25) is 20.0 Å². The second-order valence-corrected chi connectivity index (χ2v) is 10.9. The second kappa shape index (κ2) is 7.94. The van der Waals surface area contributed by atoms with Crippen molar-refractivity contribution in [3.63, 3.8) is 0 Å². The molecule has 0 aliphatic carbocycles. The fourth-order valence-electron chi connectivity index (χ4n) is 3.32. The zero-order valence-electron chi connectivity index (χ0n) is 16.4. The van der Waals surface area contributed by atoms with E-state index >= 15 is 0 Å². The summed E-state index contributed by atoms with van der Waals surface area (Å²) in [5.41, 5.74) is 2.64. The molecule has 1 saturated heterocycles. The average molecular weight is 423 g/mol. The maximum atomic E-state index is 13.0. The molecule has 3 rings (SSSR count). The zero-order valence-corrected chi connectivity index (χ0v) is 18.1. The monoisotopic (exact) mass is 422 g/mol. The van der Waals surface area contributed by atoms with Crippen molar-refractivity contribution < 1.29 is 16.8 Å². The Morgan fingerprint density at radius 3 is 1.86 bits per heavy atom. The molecule has 0 saturated carbocycles. The van der Waals surface area contributed by atoms with E-state index in [1.165, 1.54) is 8.61 Å². The molecule has 0 unspecified atom stereocenters. The van der Waals surface area contributed by atoms with Crippen LogP contribution in [0.1, 0.15) is 23.6 Å². The third-order valence-corrected chi connectivity index (χ3v) is 9.08. The fraction of sp³-hybridized carbons (Fsp3) is 0.400. The maximum absolute atomic E-state index is 13.0. The number of aryl methyl sites for hydroxylation is 3. The van der Waals surface area contributed by atoms with Crippen LogP contribution in [-0.2, 0) is 26.5 Å². The van der Waals surface area contributed by atoms with Crippen molar-refractivity contribution in [1.29, 1.82) is 0 Å². The number of piperazine rings is 1. The van der Waals surface area contributed by atoms with Gasteiger partial charge in [0.25, 0.3) is 0 Å². The number of sulfonamides is 2. The van der Waals surface area contributed by atoms with E-state index in [0.29, 0.717) is 10.5 Å². The molecule has 0 amide bonds. The molecule has 2 aromatic carbocycles. The highest BCUT2D eigenvalue weighted by Crippen LogP contribution is 2.24. The molecule has 0 aromatic heterocycles. The molecule has 0 N–H and O–H groups in total. The Morgan fingerprint density at radius 2 is 1.32 bits per heavy atom. The Bertz CT molecular complexity index is 1050. The van der Waals surface area contributed by atoms with Crippen molar-refractivity contribution in [3.05, 3.63) is 59.2 Å². The normalized spacial score (nSPS) is 17.0. The number of hydrogen-bond acceptors (Lipinski definition) is 4. The molecular formula is C20H26N2O4S2. The highest BCUT2D eigenvalue weighted by atomic mass is 32.2. The Kier molecular flexibility index (Phi) is 5.95. The van der Waals surface area contributed by atoms with Gasteiger partial charge in [0.15, 0.2) is 0 Å². The van der Waals surface area contributed by atoms with E-state index in [0.717, 1.165) is 17.5 Å². The lowest BCUT2D eigenvalue weighted by Crippen LogP contribution is -2.50. The first-order chi connectivity index (χ1) is 13.2. The maximum Gasteiger partial charge on any atom is 0.243 e. The molecule has 1 fully saturated rings. The predicted molar refractivity (Wildman–Crippen MR) is 109 cm³/mol. The SMILES string of the molecule is CCc1ccc(S(=O)(=O)N2CCN(S(=O)(=O)c3cc(C)ccc3C)CC2)cc1. The molecule has 0 radical (unpaired) electrons. The largest absolute Gasteiger partial charge is 0.243 e. The van der Waals surface area contributed by atoms with Gasteiger partial charge in [-0.15, -0.1) is 0 Å². The van der Waals surface area contributed by atoms with Gasteiger partial charge in [-0.05, 0) is 55.2 Å². The van der Waals surface area contributed by atoms with Gasteiger partial charge in [0.1, 0.15) is 0 Å². The molecule has 1 aliphatic heterocycles. The summed E-state index contributed by atoms with van der Waals surface area (Å²) in [4.78, 5) is 0.537. The predicted octanol–water partition coefficient (Wildman–Crippen LogP) is 2.56. The topological polar surface area (TPSA) is 74.8 Å². The van der Waals surface area contributed by atoms with Crippen molar-refractivity contribution in [2.75, 3.05) is 26.2 Å². The summed E-state index contributed by atoms with van der Waals surface area (Å²) in [6.45, 7) is 6.20. The van der Waals surface area contributed by atoms with Gasteiger partial charge in [-0.3, -0.25) is 0 Å². The van der Waals surface area contributed by atoms with Crippen molar-refractivity contribution in [3.8, 4) is 0 Å². The van der Waals surface area contributed by atoms with Crippen LogP contribution in [0.4, 0.5) is 0 Å². The van der Waals surface area contributed by atoms with Gasteiger partial charge in [-0.1, -0.05) is 31.2 Å². The van der Waals surface area contributed by atoms with Crippen LogP contribution in [0.25, 0.3) is 0 Å². The third kappa shape index (κ3) is 4.00. The van der Waals surface area contributed by atoms with Crippen molar-refractivity contribution in [1.82, 2.24) is 8.61 Å². The minimum Gasteiger partial charge on any atom is -0.207 e. The third-order valence-electron chi connectivity index (χ3n) is 5.13. The van der Waals surface area contributed by atoms with Crippen LogP contribution in [0.3, 0.4) is 0 Å². The lowest BCUT2D eigenvalue weighted by Gasteiger charge is -2.33. The van der Waals surface area contributed by atoms with Crippen molar-refractivity contribution in [2.24, 2.45) is 0 Å². The van der Waals surface area contributed by atoms with Crippen LogP contribution in [0.15, 0.2) is 52.3 Å².